The van der Waals surface area contributed by atoms with Crippen LogP contribution in [0, 0.1) is 5.92 Å². The second-order valence-corrected chi connectivity index (χ2v) is 16.3. The first-order valence-corrected chi connectivity index (χ1v) is 19.4. The average Bonchev–Trinajstić information content (AvgIpc) is 3.62. The Morgan fingerprint density at radius 1 is 0.922 bits per heavy atom. The summed E-state index contributed by atoms with van der Waals surface area (Å²) in [6, 6.07) is 12.4. The topological polar surface area (TPSA) is 119 Å². The molecule has 9 nitrogen and oxygen atoms in total. The van der Waals surface area contributed by atoms with E-state index in [0.717, 1.165) is 117 Å². The zero-order valence-electron chi connectivity index (χ0n) is 28.4. The minimum atomic E-state index is -5.19. The summed E-state index contributed by atoms with van der Waals surface area (Å²) >= 11 is 0. The first-order chi connectivity index (χ1) is 24.5. The van der Waals surface area contributed by atoms with Gasteiger partial charge in [0.25, 0.3) is 0 Å². The third-order valence-corrected chi connectivity index (χ3v) is 13.2. The molecule has 3 aromatic carbocycles. The van der Waals surface area contributed by atoms with Crippen molar-refractivity contribution in [3.63, 3.8) is 0 Å². The lowest BCUT2D eigenvalue weighted by atomic mass is 9.82. The number of aryl methyl sites for hydroxylation is 2. The molecule has 0 amide bonds. The molecule has 0 aliphatic carbocycles. The number of carbonyl (C=O) groups excluding carboxylic acids is 1. The lowest BCUT2D eigenvalue weighted by molar-refractivity contribution is -0.344. The molecule has 1 atom stereocenters. The summed E-state index contributed by atoms with van der Waals surface area (Å²) in [7, 11) is -3.73. The predicted octanol–water partition coefficient (Wildman–Crippen LogP) is 2.39. The van der Waals surface area contributed by atoms with Crippen molar-refractivity contribution in [2.75, 3.05) is 50.7 Å². The third kappa shape index (κ3) is 5.81. The fourth-order valence-corrected chi connectivity index (χ4v) is 10.8. The number of fused-ring (bicyclic) bond motifs is 4. The standard InChI is InChI=1S/C36H41N4O3S.C2HF3O2/c37-21-23-13-18-40(22-23)44(41,42)31-12-2-1-9-26(31)32-29-19-24-7-3-14-38-16-5-10-27(33(24)38)35(29)43-36-28-11-6-17-39-15-4-8-25(34(28)39)20-30(32)36;3-2(4,5)1(6)7/h1-2,9,12,19-20,23H,3-8,10-11,13-18,21-22,37H2;(H,6,7)/q+1;/p-1. The number of carbonyl (C=O) groups is 1. The number of nitrogens with two attached hydrogens (primary N) is 1. The predicted molar refractivity (Wildman–Crippen MR) is 184 cm³/mol. The molecule has 3 aromatic rings. The van der Waals surface area contributed by atoms with E-state index in [0.29, 0.717) is 24.5 Å². The summed E-state index contributed by atoms with van der Waals surface area (Å²) in [5.41, 5.74) is 15.6. The number of ether oxygens (including phenoxy) is 1. The molecule has 0 bridgehead atoms. The molecule has 270 valence electrons. The highest BCUT2D eigenvalue weighted by atomic mass is 32.2. The Balaban J connectivity index is 0.000000488. The van der Waals surface area contributed by atoms with E-state index in [1.54, 1.807) is 4.31 Å². The number of hydrogen-bond donors (Lipinski definition) is 1. The van der Waals surface area contributed by atoms with Gasteiger partial charge in [0.05, 0.1) is 10.5 Å². The van der Waals surface area contributed by atoms with Crippen LogP contribution >= 0.6 is 0 Å². The Morgan fingerprint density at radius 2 is 1.61 bits per heavy atom. The summed E-state index contributed by atoms with van der Waals surface area (Å²) in [6.45, 7) is 5.91. The molecule has 1 saturated heterocycles. The highest BCUT2D eigenvalue weighted by molar-refractivity contribution is 7.89. The van der Waals surface area contributed by atoms with Crippen molar-refractivity contribution in [3.8, 4) is 11.5 Å². The maximum atomic E-state index is 14.4. The molecule has 13 heteroatoms. The number of halogens is 3. The Hall–Kier alpha value is -3.94. The molecule has 0 spiro atoms. The van der Waals surface area contributed by atoms with Gasteiger partial charge in [-0.1, -0.05) is 18.2 Å². The van der Waals surface area contributed by atoms with Gasteiger partial charge in [0.1, 0.15) is 30.6 Å². The van der Waals surface area contributed by atoms with Crippen LogP contribution < -0.4 is 35.6 Å². The molecule has 6 heterocycles. The van der Waals surface area contributed by atoms with Crippen LogP contribution in [0.3, 0.4) is 0 Å². The molecular formula is C38H41F3N4O5S. The van der Waals surface area contributed by atoms with Crippen molar-refractivity contribution in [2.24, 2.45) is 11.7 Å². The van der Waals surface area contributed by atoms with Crippen LogP contribution in [0.4, 0.5) is 18.9 Å². The number of rotatable bonds is 4. The van der Waals surface area contributed by atoms with Crippen LogP contribution in [-0.2, 0) is 40.5 Å². The smallest absolute Gasteiger partial charge is 0.430 e. The number of carboxylic acid groups (broad SMARTS) is 1. The summed E-state index contributed by atoms with van der Waals surface area (Å²) < 4.78 is 71.8. The van der Waals surface area contributed by atoms with Gasteiger partial charge < -0.3 is 25.3 Å². The normalized spacial score (nSPS) is 20.7. The number of carboxylic acids is 1. The molecule has 2 N–H and O–H groups in total. The van der Waals surface area contributed by atoms with Crippen LogP contribution in [0.5, 0.6) is 11.5 Å². The number of hydrogen-bond acceptors (Lipinski definition) is 7. The monoisotopic (exact) mass is 722 g/mol. The zero-order valence-corrected chi connectivity index (χ0v) is 29.2. The molecule has 6 aliphatic rings. The first kappa shape index (κ1) is 34.2. The molecule has 1 unspecified atom stereocenters. The van der Waals surface area contributed by atoms with Crippen molar-refractivity contribution in [1.82, 2.24) is 8.88 Å². The second-order valence-electron chi connectivity index (χ2n) is 14.4. The summed E-state index contributed by atoms with van der Waals surface area (Å²) in [5, 5.41) is 11.2. The van der Waals surface area contributed by atoms with Crippen molar-refractivity contribution in [3.05, 3.63) is 80.4 Å². The number of aliphatic carboxylic acids is 1. The molecule has 6 aliphatic heterocycles. The fraction of sp³-hybridized carbons (Fsp3) is 0.474. The van der Waals surface area contributed by atoms with E-state index in [9.17, 15) is 21.6 Å². The van der Waals surface area contributed by atoms with Gasteiger partial charge in [0.2, 0.25) is 15.4 Å². The zero-order chi connectivity index (χ0) is 35.7. The minimum absolute atomic E-state index is 0.208. The highest BCUT2D eigenvalue weighted by Crippen LogP contribution is 2.49. The molecule has 0 aromatic heterocycles. The van der Waals surface area contributed by atoms with Gasteiger partial charge in [-0.3, -0.25) is 0 Å². The number of benzene rings is 3. The Labute approximate surface area is 294 Å². The number of nitrogens with zero attached hydrogens (tertiary/aromatic N) is 3. The van der Waals surface area contributed by atoms with E-state index < -0.39 is 22.2 Å². The SMILES string of the molecule is NCC1CCN(S(=O)(=O)c2ccccc2C2=c3cc4c5c(c3Oc3c2cc2c6c3CCCN6CCC2)CCC[N+]=5CCC4)C1.O=C([O-])C(F)(F)F. The number of alkyl halides is 3. The van der Waals surface area contributed by atoms with Crippen molar-refractivity contribution < 1.29 is 36.2 Å². The van der Waals surface area contributed by atoms with Crippen LogP contribution in [0.25, 0.3) is 5.57 Å². The van der Waals surface area contributed by atoms with E-state index in [4.69, 9.17) is 20.4 Å². The van der Waals surface area contributed by atoms with Gasteiger partial charge in [-0.25, -0.2) is 13.0 Å². The molecule has 1 fully saturated rings. The van der Waals surface area contributed by atoms with Gasteiger partial charge in [-0.2, -0.15) is 17.5 Å². The number of sulfonamides is 1. The minimum Gasteiger partial charge on any atom is -0.542 e. The van der Waals surface area contributed by atoms with Crippen molar-refractivity contribution in [1.29, 1.82) is 0 Å². The van der Waals surface area contributed by atoms with E-state index in [1.807, 2.05) is 24.3 Å². The van der Waals surface area contributed by atoms with Crippen molar-refractivity contribution >= 4 is 27.3 Å². The van der Waals surface area contributed by atoms with Crippen LogP contribution in [-0.4, -0.2) is 70.7 Å². The summed E-state index contributed by atoms with van der Waals surface area (Å²) in [5.74, 6) is -0.885. The Bertz CT molecular complexity index is 2180. The van der Waals surface area contributed by atoms with Gasteiger partial charge in [0.15, 0.2) is 0 Å². The first-order valence-electron chi connectivity index (χ1n) is 18.0. The maximum absolute atomic E-state index is 14.4. The fourth-order valence-electron chi connectivity index (χ4n) is 9.05. The van der Waals surface area contributed by atoms with Gasteiger partial charge in [-0.15, -0.1) is 0 Å². The average molecular weight is 723 g/mol. The lowest BCUT2D eigenvalue weighted by Crippen LogP contribution is -2.45. The molecule has 9 rings (SSSR count). The van der Waals surface area contributed by atoms with Crippen LogP contribution in [0.15, 0.2) is 41.3 Å². The Morgan fingerprint density at radius 3 is 2.33 bits per heavy atom. The highest BCUT2D eigenvalue weighted by Gasteiger charge is 2.39. The van der Waals surface area contributed by atoms with Crippen molar-refractivity contribution in [2.45, 2.75) is 68.9 Å². The third-order valence-electron chi connectivity index (χ3n) is 11.3. The second kappa shape index (κ2) is 12.9. The van der Waals surface area contributed by atoms with E-state index in [1.165, 1.54) is 33.3 Å². The van der Waals surface area contributed by atoms with Gasteiger partial charge in [-0.05, 0) is 81.2 Å². The van der Waals surface area contributed by atoms with Crippen LogP contribution in [0.1, 0.15) is 65.5 Å². The molecule has 0 radical (unpaired) electrons. The van der Waals surface area contributed by atoms with Crippen LogP contribution in [0.2, 0.25) is 0 Å². The van der Waals surface area contributed by atoms with E-state index in [-0.39, 0.29) is 5.92 Å². The summed E-state index contributed by atoms with van der Waals surface area (Å²) in [4.78, 5) is 11.7. The quantitative estimate of drug-likeness (QED) is 0.322. The van der Waals surface area contributed by atoms with Gasteiger partial charge >= 0.3 is 6.18 Å². The Kier molecular flexibility index (Phi) is 8.66. The largest absolute Gasteiger partial charge is 0.542 e. The maximum Gasteiger partial charge on any atom is 0.430 e. The molecule has 51 heavy (non-hydrogen) atoms. The summed E-state index contributed by atoms with van der Waals surface area (Å²) in [6.07, 6.45) is 4.21. The number of anilines is 1. The molecule has 0 saturated carbocycles. The van der Waals surface area contributed by atoms with E-state index in [2.05, 4.69) is 21.6 Å². The molecular weight excluding hydrogens is 682 g/mol. The lowest BCUT2D eigenvalue weighted by Gasteiger charge is -2.39. The van der Waals surface area contributed by atoms with E-state index >= 15 is 0 Å². The van der Waals surface area contributed by atoms with Gasteiger partial charge in [0, 0.05) is 77.8 Å².